The van der Waals surface area contributed by atoms with Crippen LogP contribution in [0, 0.1) is 6.92 Å². The number of carbonyl (C=O) groups is 2. The van der Waals surface area contributed by atoms with Crippen molar-refractivity contribution in [2.24, 2.45) is 0 Å². The third kappa shape index (κ3) is 6.55. The number of aryl methyl sites for hydroxylation is 1. The Morgan fingerprint density at radius 2 is 1.56 bits per heavy atom. The normalized spacial score (nSPS) is 12.3. The van der Waals surface area contributed by atoms with Gasteiger partial charge in [0.1, 0.15) is 6.04 Å². The number of hydrogen-bond donors (Lipinski definition) is 1. The van der Waals surface area contributed by atoms with Crippen LogP contribution in [-0.2, 0) is 22.6 Å². The highest BCUT2D eigenvalue weighted by Gasteiger charge is 2.28. The van der Waals surface area contributed by atoms with Gasteiger partial charge in [0.05, 0.1) is 6.42 Å². The summed E-state index contributed by atoms with van der Waals surface area (Å²) >= 11 is 0. The molecular weight excluding hydrogens is 336 g/mol. The van der Waals surface area contributed by atoms with Crippen molar-refractivity contribution in [2.45, 2.75) is 59.2 Å². The minimum Gasteiger partial charge on any atom is -0.350 e. The van der Waals surface area contributed by atoms with E-state index < -0.39 is 6.04 Å². The monoisotopic (exact) mass is 366 g/mol. The minimum absolute atomic E-state index is 0.0562. The fraction of sp³-hybridized carbons (Fsp3) is 0.391. The Hall–Kier alpha value is -2.62. The summed E-state index contributed by atoms with van der Waals surface area (Å²) in [5.74, 6) is -0.199. The average molecular weight is 367 g/mol. The molecule has 0 aliphatic rings. The van der Waals surface area contributed by atoms with Crippen molar-refractivity contribution in [3.63, 3.8) is 0 Å². The highest BCUT2D eigenvalue weighted by Crippen LogP contribution is 2.14. The van der Waals surface area contributed by atoms with Gasteiger partial charge in [-0.25, -0.2) is 0 Å². The second-order valence-electron chi connectivity index (χ2n) is 8.08. The van der Waals surface area contributed by atoms with Crippen molar-refractivity contribution in [1.29, 1.82) is 0 Å². The lowest BCUT2D eigenvalue weighted by molar-refractivity contribution is -0.140. The highest BCUT2D eigenvalue weighted by molar-refractivity contribution is 5.88. The first kappa shape index (κ1) is 20.7. The molecule has 2 amide bonds. The van der Waals surface area contributed by atoms with Crippen LogP contribution < -0.4 is 5.32 Å². The van der Waals surface area contributed by atoms with E-state index in [1.54, 1.807) is 11.8 Å². The zero-order chi connectivity index (χ0) is 20.0. The van der Waals surface area contributed by atoms with Gasteiger partial charge in [0.25, 0.3) is 0 Å². The fourth-order valence-corrected chi connectivity index (χ4v) is 2.82. The number of benzene rings is 2. The predicted octanol–water partition coefficient (Wildman–Crippen LogP) is 3.87. The predicted molar refractivity (Wildman–Crippen MR) is 109 cm³/mol. The molecule has 0 aromatic heterocycles. The van der Waals surface area contributed by atoms with E-state index in [4.69, 9.17) is 0 Å². The Bertz CT molecular complexity index is 761. The standard InChI is InChI=1S/C23H30N2O2/c1-17-11-13-19(14-12-17)15-21(26)25(16-20-9-7-6-8-10-20)18(2)22(27)24-23(3,4)5/h6-14,18H,15-16H2,1-5H3,(H,24,27). The van der Waals surface area contributed by atoms with Crippen LogP contribution in [0.2, 0.25) is 0 Å². The molecule has 144 valence electrons. The van der Waals surface area contributed by atoms with E-state index >= 15 is 0 Å². The number of nitrogens with one attached hydrogen (secondary N) is 1. The van der Waals surface area contributed by atoms with Gasteiger partial charge in [-0.2, -0.15) is 0 Å². The average Bonchev–Trinajstić information content (AvgIpc) is 2.60. The lowest BCUT2D eigenvalue weighted by Crippen LogP contribution is -2.52. The van der Waals surface area contributed by atoms with Gasteiger partial charge in [0.2, 0.25) is 11.8 Å². The lowest BCUT2D eigenvalue weighted by atomic mass is 10.1. The zero-order valence-corrected chi connectivity index (χ0v) is 17.0. The minimum atomic E-state index is -0.553. The summed E-state index contributed by atoms with van der Waals surface area (Å²) in [6, 6.07) is 17.2. The van der Waals surface area contributed by atoms with Gasteiger partial charge in [-0.15, -0.1) is 0 Å². The molecule has 0 aliphatic heterocycles. The number of hydrogen-bond acceptors (Lipinski definition) is 2. The summed E-state index contributed by atoms with van der Waals surface area (Å²) < 4.78 is 0. The van der Waals surface area contributed by atoms with Crippen LogP contribution >= 0.6 is 0 Å². The Morgan fingerprint density at radius 1 is 0.963 bits per heavy atom. The van der Waals surface area contributed by atoms with Crippen LogP contribution in [-0.4, -0.2) is 28.3 Å². The van der Waals surface area contributed by atoms with Crippen molar-refractivity contribution in [2.75, 3.05) is 0 Å². The van der Waals surface area contributed by atoms with E-state index in [9.17, 15) is 9.59 Å². The SMILES string of the molecule is Cc1ccc(CC(=O)N(Cc2ccccc2)C(C)C(=O)NC(C)(C)C)cc1. The molecule has 4 nitrogen and oxygen atoms in total. The van der Waals surface area contributed by atoms with Gasteiger partial charge >= 0.3 is 0 Å². The largest absolute Gasteiger partial charge is 0.350 e. The second-order valence-corrected chi connectivity index (χ2v) is 8.08. The molecule has 0 saturated carbocycles. The van der Waals surface area contributed by atoms with E-state index in [0.717, 1.165) is 16.7 Å². The quantitative estimate of drug-likeness (QED) is 0.844. The van der Waals surface area contributed by atoms with Gasteiger partial charge in [-0.3, -0.25) is 9.59 Å². The van der Waals surface area contributed by atoms with Crippen LogP contribution in [0.15, 0.2) is 54.6 Å². The van der Waals surface area contributed by atoms with E-state index in [-0.39, 0.29) is 23.8 Å². The molecule has 2 aromatic rings. The first-order valence-corrected chi connectivity index (χ1v) is 9.37. The Morgan fingerprint density at radius 3 is 2.11 bits per heavy atom. The second kappa shape index (κ2) is 8.85. The molecule has 2 rings (SSSR count). The Labute approximate surface area is 162 Å². The van der Waals surface area contributed by atoms with Crippen LogP contribution in [0.4, 0.5) is 0 Å². The van der Waals surface area contributed by atoms with Crippen LogP contribution in [0.3, 0.4) is 0 Å². The summed E-state index contributed by atoms with van der Waals surface area (Å²) in [6.45, 7) is 10.0. The summed E-state index contributed by atoms with van der Waals surface area (Å²) in [4.78, 5) is 27.4. The third-order valence-electron chi connectivity index (χ3n) is 4.34. The first-order chi connectivity index (χ1) is 12.7. The van der Waals surface area contributed by atoms with Crippen molar-refractivity contribution in [3.05, 3.63) is 71.3 Å². The summed E-state index contributed by atoms with van der Waals surface area (Å²) in [6.07, 6.45) is 0.278. The van der Waals surface area contributed by atoms with Crippen LogP contribution in [0.25, 0.3) is 0 Å². The highest BCUT2D eigenvalue weighted by atomic mass is 16.2. The number of nitrogens with zero attached hydrogens (tertiary/aromatic N) is 1. The molecule has 1 atom stereocenters. The summed E-state index contributed by atoms with van der Waals surface area (Å²) in [5.41, 5.74) is 2.77. The maximum atomic E-state index is 13.1. The molecule has 0 radical (unpaired) electrons. The summed E-state index contributed by atoms with van der Waals surface area (Å²) in [5, 5.41) is 2.98. The van der Waals surface area contributed by atoms with Crippen molar-refractivity contribution in [1.82, 2.24) is 10.2 Å². The molecule has 1 unspecified atom stereocenters. The molecule has 0 spiro atoms. The zero-order valence-electron chi connectivity index (χ0n) is 17.0. The van der Waals surface area contributed by atoms with Gasteiger partial charge < -0.3 is 10.2 Å². The molecule has 0 aliphatic carbocycles. The van der Waals surface area contributed by atoms with Gasteiger partial charge in [0, 0.05) is 12.1 Å². The van der Waals surface area contributed by atoms with E-state index in [2.05, 4.69) is 5.32 Å². The molecule has 27 heavy (non-hydrogen) atoms. The van der Waals surface area contributed by atoms with E-state index in [1.807, 2.05) is 82.3 Å². The fourth-order valence-electron chi connectivity index (χ4n) is 2.82. The third-order valence-corrected chi connectivity index (χ3v) is 4.34. The molecule has 0 fully saturated rings. The topological polar surface area (TPSA) is 49.4 Å². The smallest absolute Gasteiger partial charge is 0.242 e. The van der Waals surface area contributed by atoms with Gasteiger partial charge in [0.15, 0.2) is 0 Å². The molecular formula is C23H30N2O2. The molecule has 4 heteroatoms. The maximum Gasteiger partial charge on any atom is 0.242 e. The maximum absolute atomic E-state index is 13.1. The summed E-state index contributed by atoms with van der Waals surface area (Å²) in [7, 11) is 0. The molecule has 1 N–H and O–H groups in total. The van der Waals surface area contributed by atoms with Crippen molar-refractivity contribution >= 4 is 11.8 Å². The number of rotatable bonds is 6. The number of amides is 2. The molecule has 0 bridgehead atoms. The van der Waals surface area contributed by atoms with Crippen LogP contribution in [0.1, 0.15) is 44.4 Å². The Balaban J connectivity index is 2.21. The Kier molecular flexibility index (Phi) is 6.78. The first-order valence-electron chi connectivity index (χ1n) is 9.37. The van der Waals surface area contributed by atoms with Crippen LogP contribution in [0.5, 0.6) is 0 Å². The number of carbonyl (C=O) groups excluding carboxylic acids is 2. The van der Waals surface area contributed by atoms with E-state index in [0.29, 0.717) is 6.54 Å². The van der Waals surface area contributed by atoms with Crippen molar-refractivity contribution < 1.29 is 9.59 Å². The molecule has 2 aromatic carbocycles. The molecule has 0 heterocycles. The lowest BCUT2D eigenvalue weighted by Gasteiger charge is -2.31. The molecule has 0 saturated heterocycles. The van der Waals surface area contributed by atoms with Crippen molar-refractivity contribution in [3.8, 4) is 0 Å². The van der Waals surface area contributed by atoms with Gasteiger partial charge in [-0.1, -0.05) is 60.2 Å². The van der Waals surface area contributed by atoms with E-state index in [1.165, 1.54) is 0 Å². The van der Waals surface area contributed by atoms with Gasteiger partial charge in [-0.05, 0) is 45.7 Å².